The second-order valence-corrected chi connectivity index (χ2v) is 8.72. The summed E-state index contributed by atoms with van der Waals surface area (Å²) in [4.78, 5) is 0.0794. The van der Waals surface area contributed by atoms with Crippen molar-refractivity contribution in [3.8, 4) is 0 Å². The first-order valence-electron chi connectivity index (χ1n) is 8.00. The van der Waals surface area contributed by atoms with Crippen LogP contribution in [0, 0.1) is 11.2 Å². The summed E-state index contributed by atoms with van der Waals surface area (Å²) in [5, 5.41) is 0. The summed E-state index contributed by atoms with van der Waals surface area (Å²) in [7, 11) is -3.42. The van der Waals surface area contributed by atoms with Crippen molar-refractivity contribution >= 4 is 21.0 Å². The van der Waals surface area contributed by atoms with Crippen LogP contribution in [0.2, 0.25) is 0 Å². The van der Waals surface area contributed by atoms with Gasteiger partial charge in [-0.15, -0.1) is 0 Å². The molecule has 2 aromatic rings. The van der Waals surface area contributed by atoms with Crippen LogP contribution in [0.25, 0.3) is 11.1 Å². The van der Waals surface area contributed by atoms with Crippen LogP contribution in [-0.4, -0.2) is 20.8 Å². The van der Waals surface area contributed by atoms with Gasteiger partial charge < -0.3 is 0 Å². The van der Waals surface area contributed by atoms with Gasteiger partial charge in [0.25, 0.3) is 0 Å². The number of allylic oxidation sites excluding steroid dienone is 4. The standard InChI is InChI=1S/C20H16F4O2S/c1-19(20(22,23)24)11-17(13-3-7-15(21)8-4-13)18(12-19)14-5-9-16(10-6-14)27(2,25)26/h3-12H,1-2H3. The Labute approximate surface area is 154 Å². The van der Waals surface area contributed by atoms with Crippen LogP contribution in [0.5, 0.6) is 0 Å². The van der Waals surface area contributed by atoms with Crippen molar-refractivity contribution in [1.29, 1.82) is 0 Å². The highest BCUT2D eigenvalue weighted by Crippen LogP contribution is 2.51. The van der Waals surface area contributed by atoms with E-state index in [-0.39, 0.29) is 4.90 Å². The van der Waals surface area contributed by atoms with Crippen molar-refractivity contribution in [3.63, 3.8) is 0 Å². The van der Waals surface area contributed by atoms with Crippen molar-refractivity contribution in [1.82, 2.24) is 0 Å². The highest BCUT2D eigenvalue weighted by Gasteiger charge is 2.51. The Morgan fingerprint density at radius 1 is 0.815 bits per heavy atom. The SMILES string of the molecule is CC1(C(F)(F)F)C=C(c2ccc(F)cc2)C(c2ccc(S(C)(=O)=O)cc2)=C1. The second-order valence-electron chi connectivity index (χ2n) is 6.70. The lowest BCUT2D eigenvalue weighted by Gasteiger charge is -2.23. The minimum Gasteiger partial charge on any atom is -0.224 e. The smallest absolute Gasteiger partial charge is 0.224 e. The third kappa shape index (κ3) is 3.69. The molecule has 27 heavy (non-hydrogen) atoms. The number of hydrogen-bond acceptors (Lipinski definition) is 2. The van der Waals surface area contributed by atoms with E-state index in [1.54, 1.807) is 0 Å². The molecule has 7 heteroatoms. The lowest BCUT2D eigenvalue weighted by atomic mass is 9.91. The molecule has 0 spiro atoms. The highest BCUT2D eigenvalue weighted by atomic mass is 32.2. The average Bonchev–Trinajstić information content (AvgIpc) is 2.94. The van der Waals surface area contributed by atoms with Crippen LogP contribution in [0.15, 0.2) is 65.6 Å². The zero-order valence-corrected chi connectivity index (χ0v) is 15.3. The van der Waals surface area contributed by atoms with E-state index >= 15 is 0 Å². The Bertz CT molecular complexity index is 1030. The highest BCUT2D eigenvalue weighted by molar-refractivity contribution is 7.90. The van der Waals surface area contributed by atoms with Gasteiger partial charge in [-0.05, 0) is 53.5 Å². The van der Waals surface area contributed by atoms with Crippen molar-refractivity contribution in [2.24, 2.45) is 5.41 Å². The van der Waals surface area contributed by atoms with Gasteiger partial charge in [-0.2, -0.15) is 13.2 Å². The Balaban J connectivity index is 2.14. The Morgan fingerprint density at radius 3 is 1.59 bits per heavy atom. The summed E-state index contributed by atoms with van der Waals surface area (Å²) in [6, 6.07) is 10.9. The van der Waals surface area contributed by atoms with Gasteiger partial charge in [-0.1, -0.05) is 36.4 Å². The minimum absolute atomic E-state index is 0.0794. The molecule has 142 valence electrons. The van der Waals surface area contributed by atoms with Crippen LogP contribution >= 0.6 is 0 Å². The molecule has 1 atom stereocenters. The summed E-state index contributed by atoms with van der Waals surface area (Å²) in [5.41, 5.74) is -0.640. The molecule has 3 rings (SSSR count). The molecule has 0 fully saturated rings. The average molecular weight is 396 g/mol. The Kier molecular flexibility index (Phi) is 4.54. The van der Waals surface area contributed by atoms with Gasteiger partial charge in [-0.3, -0.25) is 0 Å². The zero-order valence-electron chi connectivity index (χ0n) is 14.5. The van der Waals surface area contributed by atoms with Gasteiger partial charge in [0, 0.05) is 6.26 Å². The number of rotatable bonds is 3. The molecule has 1 aliphatic carbocycles. The minimum atomic E-state index is -4.51. The van der Waals surface area contributed by atoms with Crippen molar-refractivity contribution in [3.05, 3.63) is 77.6 Å². The Hall–Kier alpha value is -2.41. The first-order chi connectivity index (χ1) is 12.4. The summed E-state index contributed by atoms with van der Waals surface area (Å²) in [6.45, 7) is 1.06. The van der Waals surface area contributed by atoms with E-state index < -0.39 is 27.2 Å². The number of alkyl halides is 3. The lowest BCUT2D eigenvalue weighted by Crippen LogP contribution is -2.30. The van der Waals surface area contributed by atoms with Gasteiger partial charge in [0.15, 0.2) is 9.84 Å². The van der Waals surface area contributed by atoms with E-state index in [0.29, 0.717) is 22.3 Å². The lowest BCUT2D eigenvalue weighted by molar-refractivity contribution is -0.182. The van der Waals surface area contributed by atoms with Crippen LogP contribution in [-0.2, 0) is 9.84 Å². The molecule has 0 radical (unpaired) electrons. The third-order valence-electron chi connectivity index (χ3n) is 4.54. The van der Waals surface area contributed by atoms with Gasteiger partial charge in [0.2, 0.25) is 0 Å². The third-order valence-corrected chi connectivity index (χ3v) is 5.67. The van der Waals surface area contributed by atoms with Gasteiger partial charge in [0.05, 0.1) is 4.90 Å². The van der Waals surface area contributed by atoms with E-state index in [2.05, 4.69) is 0 Å². The molecule has 0 aliphatic heterocycles. The summed E-state index contributed by atoms with van der Waals surface area (Å²) >= 11 is 0. The van der Waals surface area contributed by atoms with E-state index in [4.69, 9.17) is 0 Å². The fraction of sp³-hybridized carbons (Fsp3) is 0.200. The zero-order chi connectivity index (χ0) is 20.0. The molecule has 0 saturated heterocycles. The van der Waals surface area contributed by atoms with E-state index in [9.17, 15) is 26.0 Å². The normalized spacial score (nSPS) is 20.4. The fourth-order valence-corrected chi connectivity index (χ4v) is 3.58. The predicted octanol–water partition coefficient (Wildman–Crippen LogP) is 5.28. The van der Waals surface area contributed by atoms with Crippen LogP contribution in [0.1, 0.15) is 18.1 Å². The summed E-state index contributed by atoms with van der Waals surface area (Å²) < 4.78 is 77.2. The molecule has 0 aromatic heterocycles. The van der Waals surface area contributed by atoms with Crippen LogP contribution in [0.3, 0.4) is 0 Å². The maximum absolute atomic E-state index is 13.6. The van der Waals surface area contributed by atoms with Gasteiger partial charge in [0.1, 0.15) is 11.2 Å². The second kappa shape index (κ2) is 6.34. The molecule has 0 heterocycles. The molecule has 0 amide bonds. The maximum Gasteiger partial charge on any atom is 0.401 e. The molecule has 0 bridgehead atoms. The van der Waals surface area contributed by atoms with Gasteiger partial charge >= 0.3 is 6.18 Å². The van der Waals surface area contributed by atoms with Crippen molar-refractivity contribution < 1.29 is 26.0 Å². The molecular weight excluding hydrogens is 380 g/mol. The van der Waals surface area contributed by atoms with Crippen LogP contribution in [0.4, 0.5) is 17.6 Å². The topological polar surface area (TPSA) is 34.1 Å². The molecule has 2 aromatic carbocycles. The molecule has 0 N–H and O–H groups in total. The van der Waals surface area contributed by atoms with Crippen LogP contribution < -0.4 is 0 Å². The number of halogens is 4. The number of sulfone groups is 1. The molecule has 0 saturated carbocycles. The molecular formula is C20H16F4O2S. The molecule has 1 unspecified atom stereocenters. The predicted molar refractivity (Wildman–Crippen MR) is 96.1 cm³/mol. The Morgan fingerprint density at radius 2 is 1.22 bits per heavy atom. The van der Waals surface area contributed by atoms with Crippen molar-refractivity contribution in [2.75, 3.05) is 6.26 Å². The monoisotopic (exact) mass is 396 g/mol. The number of benzene rings is 2. The number of hydrogen-bond donors (Lipinski definition) is 0. The van der Waals surface area contributed by atoms with Crippen molar-refractivity contribution in [2.45, 2.75) is 18.0 Å². The van der Waals surface area contributed by atoms with E-state index in [0.717, 1.165) is 25.3 Å². The summed E-state index contributed by atoms with van der Waals surface area (Å²) in [5.74, 6) is -0.487. The first-order valence-corrected chi connectivity index (χ1v) is 9.89. The van der Waals surface area contributed by atoms with Gasteiger partial charge in [-0.25, -0.2) is 12.8 Å². The molecule has 1 aliphatic rings. The maximum atomic E-state index is 13.6. The largest absolute Gasteiger partial charge is 0.401 e. The molecule has 2 nitrogen and oxygen atoms in total. The van der Waals surface area contributed by atoms with E-state index in [1.165, 1.54) is 48.5 Å². The fourth-order valence-electron chi connectivity index (χ4n) is 2.95. The first kappa shape index (κ1) is 19.4. The van der Waals surface area contributed by atoms with E-state index in [1.807, 2.05) is 0 Å². The summed E-state index contributed by atoms with van der Waals surface area (Å²) in [6.07, 6.45) is -1.23. The quantitative estimate of drug-likeness (QED) is 0.662.